The Balaban J connectivity index is 1.66. The van der Waals surface area contributed by atoms with Crippen LogP contribution in [0.2, 0.25) is 0 Å². The quantitative estimate of drug-likeness (QED) is 0.720. The lowest BCUT2D eigenvalue weighted by Crippen LogP contribution is -1.95. The fourth-order valence-corrected chi connectivity index (χ4v) is 1.96. The molecule has 2 aromatic rings. The average molecular weight is 239 g/mol. The first-order valence-corrected chi connectivity index (χ1v) is 6.48. The SMILES string of the molecule is Cc1cccnc1CC[CH]CCc1ccccn1. The third-order valence-electron chi connectivity index (χ3n) is 3.03. The Bertz CT molecular complexity index is 466. The number of hydrogen-bond donors (Lipinski definition) is 0. The van der Waals surface area contributed by atoms with Crippen LogP contribution in [0.3, 0.4) is 0 Å². The lowest BCUT2D eigenvalue weighted by Gasteiger charge is -2.04. The molecule has 2 aromatic heterocycles. The molecular weight excluding hydrogens is 220 g/mol. The van der Waals surface area contributed by atoms with Crippen LogP contribution in [-0.4, -0.2) is 9.97 Å². The molecule has 2 nitrogen and oxygen atoms in total. The van der Waals surface area contributed by atoms with E-state index in [1.54, 1.807) is 0 Å². The van der Waals surface area contributed by atoms with E-state index in [2.05, 4.69) is 35.4 Å². The molecule has 0 N–H and O–H groups in total. The Kier molecular flexibility index (Phi) is 4.88. The first kappa shape index (κ1) is 12.7. The van der Waals surface area contributed by atoms with Crippen LogP contribution in [0.1, 0.15) is 29.8 Å². The van der Waals surface area contributed by atoms with Gasteiger partial charge in [0.1, 0.15) is 0 Å². The van der Waals surface area contributed by atoms with Crippen LogP contribution in [-0.2, 0) is 12.8 Å². The summed E-state index contributed by atoms with van der Waals surface area (Å²) in [7, 11) is 0. The summed E-state index contributed by atoms with van der Waals surface area (Å²) < 4.78 is 0. The number of pyridine rings is 2. The Hall–Kier alpha value is -1.70. The zero-order valence-corrected chi connectivity index (χ0v) is 10.8. The molecule has 0 amide bonds. The van der Waals surface area contributed by atoms with Gasteiger partial charge in [0, 0.05) is 23.8 Å². The van der Waals surface area contributed by atoms with E-state index in [4.69, 9.17) is 0 Å². The second kappa shape index (κ2) is 6.90. The van der Waals surface area contributed by atoms with Crippen molar-refractivity contribution in [3.63, 3.8) is 0 Å². The number of nitrogens with zero attached hydrogens (tertiary/aromatic N) is 2. The monoisotopic (exact) mass is 239 g/mol. The predicted molar refractivity (Wildman–Crippen MR) is 74.2 cm³/mol. The lowest BCUT2D eigenvalue weighted by molar-refractivity contribution is 0.797. The van der Waals surface area contributed by atoms with Crippen LogP contribution in [0.4, 0.5) is 0 Å². The largest absolute Gasteiger partial charge is 0.261 e. The van der Waals surface area contributed by atoms with Gasteiger partial charge >= 0.3 is 0 Å². The van der Waals surface area contributed by atoms with Gasteiger partial charge in [-0.3, -0.25) is 9.97 Å². The van der Waals surface area contributed by atoms with Crippen molar-refractivity contribution in [2.45, 2.75) is 32.6 Å². The molecule has 1 radical (unpaired) electrons. The van der Waals surface area contributed by atoms with E-state index >= 15 is 0 Å². The number of aromatic nitrogens is 2. The average Bonchev–Trinajstić information content (AvgIpc) is 2.42. The summed E-state index contributed by atoms with van der Waals surface area (Å²) in [5.41, 5.74) is 3.67. The number of aryl methyl sites for hydroxylation is 3. The van der Waals surface area contributed by atoms with E-state index in [0.717, 1.165) is 25.7 Å². The van der Waals surface area contributed by atoms with Crippen LogP contribution >= 0.6 is 0 Å². The van der Waals surface area contributed by atoms with E-state index in [0.29, 0.717) is 0 Å². The number of hydrogen-bond acceptors (Lipinski definition) is 2. The van der Waals surface area contributed by atoms with E-state index in [1.165, 1.54) is 17.0 Å². The standard InChI is InChI=1S/C16H19N2/c1-14-8-7-13-18-16(14)11-4-2-3-9-15-10-5-6-12-17-15/h2,5-8,10,12-13H,3-4,9,11H2,1H3. The minimum atomic E-state index is 1.03. The summed E-state index contributed by atoms with van der Waals surface area (Å²) in [6.07, 6.45) is 10.3. The van der Waals surface area contributed by atoms with E-state index in [-0.39, 0.29) is 0 Å². The van der Waals surface area contributed by atoms with Gasteiger partial charge < -0.3 is 0 Å². The van der Waals surface area contributed by atoms with Crippen molar-refractivity contribution in [2.75, 3.05) is 0 Å². The zero-order chi connectivity index (χ0) is 12.6. The fraction of sp³-hybridized carbons (Fsp3) is 0.312. The van der Waals surface area contributed by atoms with Gasteiger partial charge in [-0.15, -0.1) is 0 Å². The topological polar surface area (TPSA) is 25.8 Å². The first-order chi connectivity index (χ1) is 8.86. The maximum Gasteiger partial charge on any atom is 0.0432 e. The van der Waals surface area contributed by atoms with Gasteiger partial charge in [-0.2, -0.15) is 0 Å². The van der Waals surface area contributed by atoms with Crippen molar-refractivity contribution in [3.05, 3.63) is 66.1 Å². The number of rotatable bonds is 6. The molecule has 0 aromatic carbocycles. The molecule has 0 aliphatic heterocycles. The van der Waals surface area contributed by atoms with Gasteiger partial charge in [0.05, 0.1) is 0 Å². The molecular formula is C16H19N2. The molecule has 0 atom stereocenters. The molecule has 2 rings (SSSR count). The molecule has 0 saturated carbocycles. The molecule has 0 fully saturated rings. The summed E-state index contributed by atoms with van der Waals surface area (Å²) in [5.74, 6) is 0. The Labute approximate surface area is 109 Å². The predicted octanol–water partition coefficient (Wildman–Crippen LogP) is 3.55. The molecule has 0 saturated heterocycles. The van der Waals surface area contributed by atoms with Crippen LogP contribution in [0.15, 0.2) is 42.7 Å². The number of unbranched alkanes of at least 4 members (excludes halogenated alkanes) is 2. The van der Waals surface area contributed by atoms with Crippen molar-refractivity contribution in [1.29, 1.82) is 0 Å². The Morgan fingerprint density at radius 1 is 0.944 bits per heavy atom. The van der Waals surface area contributed by atoms with Gasteiger partial charge in [0.25, 0.3) is 0 Å². The maximum atomic E-state index is 4.40. The maximum absolute atomic E-state index is 4.40. The third kappa shape index (κ3) is 3.95. The van der Waals surface area contributed by atoms with E-state index in [9.17, 15) is 0 Å². The normalized spacial score (nSPS) is 10.5. The summed E-state index contributed by atoms with van der Waals surface area (Å²) in [6.45, 7) is 2.12. The summed E-state index contributed by atoms with van der Waals surface area (Å²) in [4.78, 5) is 8.72. The molecule has 2 heteroatoms. The minimum absolute atomic E-state index is 1.03. The first-order valence-electron chi connectivity index (χ1n) is 6.48. The fourth-order valence-electron chi connectivity index (χ4n) is 1.96. The zero-order valence-electron chi connectivity index (χ0n) is 10.8. The molecule has 0 unspecified atom stereocenters. The third-order valence-corrected chi connectivity index (χ3v) is 3.03. The van der Waals surface area contributed by atoms with Gasteiger partial charge in [0.15, 0.2) is 0 Å². The summed E-state index contributed by atoms with van der Waals surface area (Å²) in [6, 6.07) is 10.2. The van der Waals surface area contributed by atoms with Crippen molar-refractivity contribution in [2.24, 2.45) is 0 Å². The van der Waals surface area contributed by atoms with Crippen molar-refractivity contribution in [3.8, 4) is 0 Å². The summed E-state index contributed by atoms with van der Waals surface area (Å²) in [5, 5.41) is 0. The van der Waals surface area contributed by atoms with Gasteiger partial charge in [-0.05, 0) is 62.8 Å². The van der Waals surface area contributed by atoms with Crippen molar-refractivity contribution < 1.29 is 0 Å². The molecule has 0 aliphatic rings. The summed E-state index contributed by atoms with van der Waals surface area (Å²) >= 11 is 0. The molecule has 0 aliphatic carbocycles. The second-order valence-electron chi connectivity index (χ2n) is 4.45. The van der Waals surface area contributed by atoms with E-state index in [1.807, 2.05) is 30.6 Å². The Morgan fingerprint density at radius 2 is 1.78 bits per heavy atom. The van der Waals surface area contributed by atoms with Crippen LogP contribution in [0.5, 0.6) is 0 Å². The Morgan fingerprint density at radius 3 is 2.56 bits per heavy atom. The van der Waals surface area contributed by atoms with Crippen LogP contribution < -0.4 is 0 Å². The van der Waals surface area contributed by atoms with Crippen LogP contribution in [0, 0.1) is 13.3 Å². The minimum Gasteiger partial charge on any atom is -0.261 e. The van der Waals surface area contributed by atoms with Crippen molar-refractivity contribution >= 4 is 0 Å². The highest BCUT2D eigenvalue weighted by atomic mass is 14.7. The lowest BCUT2D eigenvalue weighted by atomic mass is 10.1. The molecule has 18 heavy (non-hydrogen) atoms. The smallest absolute Gasteiger partial charge is 0.0432 e. The van der Waals surface area contributed by atoms with E-state index < -0.39 is 0 Å². The molecule has 2 heterocycles. The molecule has 93 valence electrons. The highest BCUT2D eigenvalue weighted by Gasteiger charge is 1.99. The molecule has 0 spiro atoms. The highest BCUT2D eigenvalue weighted by molar-refractivity contribution is 5.17. The highest BCUT2D eigenvalue weighted by Crippen LogP contribution is 2.09. The van der Waals surface area contributed by atoms with Gasteiger partial charge in [0.2, 0.25) is 0 Å². The van der Waals surface area contributed by atoms with Crippen molar-refractivity contribution in [1.82, 2.24) is 9.97 Å². The second-order valence-corrected chi connectivity index (χ2v) is 4.45. The van der Waals surface area contributed by atoms with Gasteiger partial charge in [-0.1, -0.05) is 12.1 Å². The van der Waals surface area contributed by atoms with Crippen LogP contribution in [0.25, 0.3) is 0 Å². The molecule has 0 bridgehead atoms. The van der Waals surface area contributed by atoms with Gasteiger partial charge in [-0.25, -0.2) is 0 Å².